The molecule has 130 valence electrons. The molecule has 0 bridgehead atoms. The fourth-order valence-electron chi connectivity index (χ4n) is 2.62. The molecular formula is C20H16NO4S+. The monoisotopic (exact) mass is 366 g/mol. The Balaban J connectivity index is 1.97. The van der Waals surface area contributed by atoms with Crippen LogP contribution in [-0.4, -0.2) is 16.5 Å². The van der Waals surface area contributed by atoms with Crippen molar-refractivity contribution in [3.05, 3.63) is 101 Å². The summed E-state index contributed by atoms with van der Waals surface area (Å²) < 4.78 is 13.8. The Morgan fingerprint density at radius 3 is 1.69 bits per heavy atom. The molecule has 0 aliphatic heterocycles. The van der Waals surface area contributed by atoms with Crippen molar-refractivity contribution in [1.82, 2.24) is 0 Å². The van der Waals surface area contributed by atoms with Crippen molar-refractivity contribution in [1.29, 1.82) is 0 Å². The van der Waals surface area contributed by atoms with E-state index in [-0.39, 0.29) is 17.2 Å². The lowest BCUT2D eigenvalue weighted by molar-refractivity contribution is -0.384. The van der Waals surface area contributed by atoms with Crippen molar-refractivity contribution in [3.63, 3.8) is 0 Å². The predicted molar refractivity (Wildman–Crippen MR) is 99.8 cm³/mol. The predicted octanol–water partition coefficient (Wildman–Crippen LogP) is 4.40. The zero-order chi connectivity index (χ0) is 18.6. The van der Waals surface area contributed by atoms with Crippen LogP contribution < -0.4 is 0 Å². The number of nitrogens with zero attached hydrogens (tertiary/aromatic N) is 1. The van der Waals surface area contributed by atoms with Gasteiger partial charge in [0.25, 0.3) is 5.69 Å². The lowest BCUT2D eigenvalue weighted by Gasteiger charge is -2.11. The lowest BCUT2D eigenvalue weighted by atomic mass is 10.1. The highest BCUT2D eigenvalue weighted by atomic mass is 32.2. The normalized spacial score (nSPS) is 11.1. The second kappa shape index (κ2) is 7.41. The quantitative estimate of drug-likeness (QED) is 0.280. The standard InChI is InChI=1S/C20H16NO4S/c22-20(16-11-13-17(14-12-16)21(23)24)15-26(25,18-7-3-1-4-8-18)19-9-5-2-6-10-19/h1-14H,15H2/q+1. The highest BCUT2D eigenvalue weighted by molar-refractivity contribution is 8.03. The van der Waals surface area contributed by atoms with Gasteiger partial charge in [-0.1, -0.05) is 40.6 Å². The molecule has 0 aromatic heterocycles. The third kappa shape index (κ3) is 3.60. The molecule has 0 saturated carbocycles. The number of carbonyl (C=O) groups is 1. The Bertz CT molecular complexity index is 926. The Labute approximate surface area is 151 Å². The van der Waals surface area contributed by atoms with Crippen LogP contribution in [0.5, 0.6) is 0 Å². The third-order valence-electron chi connectivity index (χ3n) is 3.98. The fourth-order valence-corrected chi connectivity index (χ4v) is 4.96. The van der Waals surface area contributed by atoms with E-state index in [4.69, 9.17) is 0 Å². The summed E-state index contributed by atoms with van der Waals surface area (Å²) in [7, 11) is -2.80. The van der Waals surface area contributed by atoms with Crippen molar-refractivity contribution in [2.24, 2.45) is 0 Å². The molecule has 0 N–H and O–H groups in total. The Kier molecular flexibility index (Phi) is 5.04. The number of carbonyl (C=O) groups excluding carboxylic acids is 1. The average Bonchev–Trinajstić information content (AvgIpc) is 2.69. The molecule has 0 amide bonds. The first-order chi connectivity index (χ1) is 12.5. The van der Waals surface area contributed by atoms with Crippen LogP contribution in [0.1, 0.15) is 10.4 Å². The zero-order valence-electron chi connectivity index (χ0n) is 13.8. The number of Topliss-reactive ketones (excluding diaryl/α,β-unsaturated/α-hetero) is 1. The van der Waals surface area contributed by atoms with Gasteiger partial charge in [-0.2, -0.15) is 0 Å². The summed E-state index contributed by atoms with van der Waals surface area (Å²) >= 11 is 0. The average molecular weight is 366 g/mol. The molecule has 0 aliphatic rings. The van der Waals surface area contributed by atoms with Gasteiger partial charge in [0.15, 0.2) is 25.5 Å². The van der Waals surface area contributed by atoms with Gasteiger partial charge in [0, 0.05) is 17.7 Å². The summed E-state index contributed by atoms with van der Waals surface area (Å²) in [5.74, 6) is -0.517. The summed E-state index contributed by atoms with van der Waals surface area (Å²) in [5, 5.41) is 10.8. The lowest BCUT2D eigenvalue weighted by Crippen LogP contribution is -2.23. The van der Waals surface area contributed by atoms with Crippen LogP contribution >= 0.6 is 0 Å². The van der Waals surface area contributed by atoms with Gasteiger partial charge < -0.3 is 0 Å². The van der Waals surface area contributed by atoms with Gasteiger partial charge >= 0.3 is 0 Å². The van der Waals surface area contributed by atoms with E-state index in [1.807, 2.05) is 12.1 Å². The van der Waals surface area contributed by atoms with Crippen LogP contribution in [-0.2, 0) is 14.1 Å². The van der Waals surface area contributed by atoms with Gasteiger partial charge in [-0.05, 0) is 36.4 Å². The Morgan fingerprint density at radius 1 is 0.808 bits per heavy atom. The van der Waals surface area contributed by atoms with Crippen molar-refractivity contribution in [2.45, 2.75) is 9.79 Å². The molecule has 3 aromatic carbocycles. The number of hydrogen-bond donors (Lipinski definition) is 0. The minimum absolute atomic E-state index is 0.0894. The van der Waals surface area contributed by atoms with Crippen molar-refractivity contribution >= 4 is 21.4 Å². The second-order valence-corrected chi connectivity index (χ2v) is 8.25. The van der Waals surface area contributed by atoms with Gasteiger partial charge in [0.05, 0.1) is 4.92 Å². The van der Waals surface area contributed by atoms with Gasteiger partial charge in [-0.3, -0.25) is 14.9 Å². The minimum Gasteiger partial charge on any atom is -0.289 e. The van der Waals surface area contributed by atoms with Gasteiger partial charge in [0.1, 0.15) is 0 Å². The molecule has 0 atom stereocenters. The SMILES string of the molecule is O=C(C[S+](=O)(c1ccccc1)c1ccccc1)c1ccc([N+](=O)[O-])cc1. The molecule has 3 rings (SSSR count). The Hall–Kier alpha value is -3.12. The van der Waals surface area contributed by atoms with E-state index in [2.05, 4.69) is 0 Å². The molecule has 0 heterocycles. The molecule has 0 unspecified atom stereocenters. The van der Waals surface area contributed by atoms with Crippen LogP contribution in [0.2, 0.25) is 0 Å². The van der Waals surface area contributed by atoms with Gasteiger partial charge in [-0.25, -0.2) is 0 Å². The van der Waals surface area contributed by atoms with Gasteiger partial charge in [0.2, 0.25) is 5.78 Å². The van der Waals surface area contributed by atoms with E-state index < -0.39 is 14.9 Å². The number of ketones is 1. The molecule has 0 saturated heterocycles. The summed E-state index contributed by atoms with van der Waals surface area (Å²) in [5.41, 5.74) is 0.212. The maximum atomic E-state index is 13.8. The van der Waals surface area contributed by atoms with Crippen LogP contribution in [0.3, 0.4) is 0 Å². The number of nitro groups is 1. The molecule has 0 aliphatic carbocycles. The molecule has 5 nitrogen and oxygen atoms in total. The van der Waals surface area contributed by atoms with Crippen LogP contribution in [0.15, 0.2) is 94.7 Å². The molecule has 6 heteroatoms. The van der Waals surface area contributed by atoms with Crippen LogP contribution in [0, 0.1) is 10.1 Å². The highest BCUT2D eigenvalue weighted by Gasteiger charge is 2.37. The summed E-state index contributed by atoms with van der Waals surface area (Å²) in [6.07, 6.45) is 0. The van der Waals surface area contributed by atoms with E-state index in [0.29, 0.717) is 15.4 Å². The number of non-ortho nitro benzene ring substituents is 1. The molecule has 0 radical (unpaired) electrons. The second-order valence-electron chi connectivity index (χ2n) is 5.67. The topological polar surface area (TPSA) is 77.3 Å². The van der Waals surface area contributed by atoms with E-state index in [9.17, 15) is 19.1 Å². The van der Waals surface area contributed by atoms with E-state index in [1.54, 1.807) is 48.5 Å². The van der Waals surface area contributed by atoms with Crippen LogP contribution in [0.25, 0.3) is 0 Å². The largest absolute Gasteiger partial charge is 0.289 e. The Morgan fingerprint density at radius 2 is 1.27 bits per heavy atom. The fraction of sp³-hybridized carbons (Fsp3) is 0.0500. The smallest absolute Gasteiger partial charge is 0.269 e. The molecular weight excluding hydrogens is 350 g/mol. The maximum Gasteiger partial charge on any atom is 0.269 e. The van der Waals surface area contributed by atoms with E-state index in [1.165, 1.54) is 24.3 Å². The van der Waals surface area contributed by atoms with Crippen molar-refractivity contribution in [3.8, 4) is 0 Å². The minimum atomic E-state index is -2.80. The number of hydrogen-bond acceptors (Lipinski definition) is 4. The number of rotatable bonds is 6. The first-order valence-electron chi connectivity index (χ1n) is 7.90. The van der Waals surface area contributed by atoms with Crippen molar-refractivity contribution < 1.29 is 13.9 Å². The first kappa shape index (κ1) is 17.7. The third-order valence-corrected chi connectivity index (χ3v) is 6.72. The summed E-state index contributed by atoms with van der Waals surface area (Å²) in [6, 6.07) is 23.1. The zero-order valence-corrected chi connectivity index (χ0v) is 14.6. The van der Waals surface area contributed by atoms with Crippen molar-refractivity contribution in [2.75, 3.05) is 5.75 Å². The number of nitro benzene ring substituents is 1. The maximum absolute atomic E-state index is 13.8. The first-order valence-corrected chi connectivity index (χ1v) is 9.63. The summed E-state index contributed by atoms with van der Waals surface area (Å²) in [6.45, 7) is 0. The molecule has 0 spiro atoms. The molecule has 3 aromatic rings. The van der Waals surface area contributed by atoms with Gasteiger partial charge in [-0.15, -0.1) is 0 Å². The molecule has 26 heavy (non-hydrogen) atoms. The highest BCUT2D eigenvalue weighted by Crippen LogP contribution is 2.30. The van der Waals surface area contributed by atoms with E-state index in [0.717, 1.165) is 0 Å². The molecule has 0 fully saturated rings. The summed E-state index contributed by atoms with van der Waals surface area (Å²) in [4.78, 5) is 24.1. The van der Waals surface area contributed by atoms with Crippen LogP contribution in [0.4, 0.5) is 5.69 Å². The van der Waals surface area contributed by atoms with E-state index >= 15 is 0 Å². The number of benzene rings is 3.